The smallest absolute Gasteiger partial charge is 0.153 e. The van der Waals surface area contributed by atoms with E-state index < -0.39 is 9.84 Å². The summed E-state index contributed by atoms with van der Waals surface area (Å²) in [6.45, 7) is 1.84. The Kier molecular flexibility index (Phi) is 2.68. The number of hydrogen-bond donors (Lipinski definition) is 0. The van der Waals surface area contributed by atoms with Crippen LogP contribution in [-0.4, -0.2) is 24.4 Å². The average molecular weight is 236 g/mol. The minimum atomic E-state index is -2.87. The van der Waals surface area contributed by atoms with Gasteiger partial charge in [0.2, 0.25) is 0 Å². The van der Waals surface area contributed by atoms with Gasteiger partial charge >= 0.3 is 0 Å². The van der Waals surface area contributed by atoms with E-state index in [1.807, 2.05) is 13.0 Å². The molecule has 2 heterocycles. The molecule has 0 amide bonds. The van der Waals surface area contributed by atoms with Gasteiger partial charge in [0.05, 0.1) is 16.6 Å². The van der Waals surface area contributed by atoms with Gasteiger partial charge in [-0.3, -0.25) is 4.98 Å². The highest BCUT2D eigenvalue weighted by molar-refractivity contribution is 7.93. The fraction of sp³-hybridized carbons (Fsp3) is 0.455. The number of nitrogens with zero attached hydrogens (tertiary/aromatic N) is 2. The Morgan fingerprint density at radius 2 is 2.38 bits per heavy atom. The van der Waals surface area contributed by atoms with Crippen molar-refractivity contribution in [2.45, 2.75) is 25.0 Å². The van der Waals surface area contributed by atoms with E-state index in [0.717, 1.165) is 17.7 Å². The second-order valence-electron chi connectivity index (χ2n) is 4.06. The topological polar surface area (TPSA) is 70.8 Å². The van der Waals surface area contributed by atoms with Gasteiger partial charge in [0, 0.05) is 11.9 Å². The molecular formula is C11H12N2O2S. The van der Waals surface area contributed by atoms with Gasteiger partial charge in [-0.2, -0.15) is 5.26 Å². The Hall–Kier alpha value is -1.41. The normalized spacial score (nSPS) is 22.1. The van der Waals surface area contributed by atoms with Crippen LogP contribution in [0.25, 0.3) is 0 Å². The molecule has 1 aromatic heterocycles. The van der Waals surface area contributed by atoms with Crippen molar-refractivity contribution in [2.24, 2.45) is 0 Å². The van der Waals surface area contributed by atoms with Gasteiger partial charge in [0.25, 0.3) is 0 Å². The molecule has 0 bridgehead atoms. The van der Waals surface area contributed by atoms with Gasteiger partial charge in [0.15, 0.2) is 9.84 Å². The van der Waals surface area contributed by atoms with Crippen molar-refractivity contribution in [1.82, 2.24) is 4.98 Å². The Morgan fingerprint density at radius 1 is 1.62 bits per heavy atom. The minimum Gasteiger partial charge on any atom is -0.260 e. The van der Waals surface area contributed by atoms with Crippen LogP contribution in [0.5, 0.6) is 0 Å². The van der Waals surface area contributed by atoms with Crippen LogP contribution in [0.4, 0.5) is 0 Å². The summed E-state index contributed by atoms with van der Waals surface area (Å²) in [5.74, 6) is 0.294. The predicted octanol–water partition coefficient (Wildman–Crippen LogP) is 0.991. The Labute approximate surface area is 94.9 Å². The first-order chi connectivity index (χ1) is 7.53. The molecule has 0 spiro atoms. The van der Waals surface area contributed by atoms with E-state index in [-0.39, 0.29) is 5.25 Å². The third kappa shape index (κ3) is 1.93. The highest BCUT2D eigenvalue weighted by atomic mass is 32.2. The number of aryl methyl sites for hydroxylation is 1. The highest BCUT2D eigenvalue weighted by Crippen LogP contribution is 2.25. The van der Waals surface area contributed by atoms with Crippen molar-refractivity contribution in [3.63, 3.8) is 0 Å². The Balaban J connectivity index is 2.25. The van der Waals surface area contributed by atoms with Crippen molar-refractivity contribution < 1.29 is 8.42 Å². The molecule has 0 aliphatic carbocycles. The van der Waals surface area contributed by atoms with E-state index in [0.29, 0.717) is 17.7 Å². The van der Waals surface area contributed by atoms with Crippen molar-refractivity contribution in [2.75, 3.05) is 5.75 Å². The van der Waals surface area contributed by atoms with E-state index in [4.69, 9.17) is 5.26 Å². The maximum atomic E-state index is 11.4. The van der Waals surface area contributed by atoms with Crippen molar-refractivity contribution >= 4 is 9.84 Å². The van der Waals surface area contributed by atoms with E-state index in [1.54, 1.807) is 6.07 Å². The van der Waals surface area contributed by atoms with Crippen LogP contribution in [0.15, 0.2) is 12.3 Å². The number of pyridine rings is 1. The van der Waals surface area contributed by atoms with Gasteiger partial charge in [-0.25, -0.2) is 8.42 Å². The molecule has 1 unspecified atom stereocenters. The molecule has 0 radical (unpaired) electrons. The molecule has 84 valence electrons. The minimum absolute atomic E-state index is 0.276. The second kappa shape index (κ2) is 3.87. The first kappa shape index (κ1) is 11.1. The zero-order valence-corrected chi connectivity index (χ0v) is 9.79. The SMILES string of the molecule is Cc1ncc(C#N)cc1CC1CCS1(=O)=O. The van der Waals surface area contributed by atoms with Crippen LogP contribution in [0.3, 0.4) is 0 Å². The maximum Gasteiger partial charge on any atom is 0.153 e. The summed E-state index contributed by atoms with van der Waals surface area (Å²) in [5.41, 5.74) is 2.16. The number of aromatic nitrogens is 1. The second-order valence-corrected chi connectivity index (χ2v) is 6.46. The molecule has 1 atom stereocenters. The molecule has 0 aromatic carbocycles. The van der Waals surface area contributed by atoms with E-state index in [9.17, 15) is 8.42 Å². The summed E-state index contributed by atoms with van der Waals surface area (Å²) in [6, 6.07) is 3.74. The van der Waals surface area contributed by atoms with Crippen LogP contribution < -0.4 is 0 Å². The fourth-order valence-corrected chi connectivity index (χ4v) is 3.19. The van der Waals surface area contributed by atoms with Crippen molar-refractivity contribution in [1.29, 1.82) is 5.26 Å². The molecule has 4 nitrogen and oxygen atoms in total. The molecule has 16 heavy (non-hydrogen) atoms. The van der Waals surface area contributed by atoms with Crippen LogP contribution in [-0.2, 0) is 16.3 Å². The molecular weight excluding hydrogens is 224 g/mol. The lowest BCUT2D eigenvalue weighted by Crippen LogP contribution is -2.38. The monoisotopic (exact) mass is 236 g/mol. The predicted molar refractivity (Wildman–Crippen MR) is 59.6 cm³/mol. The molecule has 1 aliphatic heterocycles. The lowest BCUT2D eigenvalue weighted by Gasteiger charge is -2.26. The molecule has 1 fully saturated rings. The van der Waals surface area contributed by atoms with Crippen LogP contribution in [0, 0.1) is 18.3 Å². The molecule has 1 saturated heterocycles. The zero-order valence-electron chi connectivity index (χ0n) is 8.97. The summed E-state index contributed by atoms with van der Waals surface area (Å²) in [6.07, 6.45) is 2.71. The van der Waals surface area contributed by atoms with Gasteiger partial charge < -0.3 is 0 Å². The lowest BCUT2D eigenvalue weighted by atomic mass is 10.0. The summed E-state index contributed by atoms with van der Waals surface area (Å²) in [7, 11) is -2.87. The average Bonchev–Trinajstić information content (AvgIpc) is 2.26. The number of hydrogen-bond acceptors (Lipinski definition) is 4. The van der Waals surface area contributed by atoms with E-state index >= 15 is 0 Å². The number of nitriles is 1. The number of sulfone groups is 1. The van der Waals surface area contributed by atoms with Crippen molar-refractivity contribution in [3.05, 3.63) is 29.1 Å². The molecule has 1 aromatic rings. The van der Waals surface area contributed by atoms with Gasteiger partial charge in [-0.1, -0.05) is 0 Å². The van der Waals surface area contributed by atoms with Gasteiger partial charge in [0.1, 0.15) is 6.07 Å². The van der Waals surface area contributed by atoms with Gasteiger partial charge in [-0.05, 0) is 31.4 Å². The molecule has 5 heteroatoms. The summed E-state index contributed by atoms with van der Waals surface area (Å²) in [4.78, 5) is 4.09. The maximum absolute atomic E-state index is 11.4. The summed E-state index contributed by atoms with van der Waals surface area (Å²) >= 11 is 0. The van der Waals surface area contributed by atoms with E-state index in [2.05, 4.69) is 4.98 Å². The van der Waals surface area contributed by atoms with Crippen molar-refractivity contribution in [3.8, 4) is 6.07 Å². The Morgan fingerprint density at radius 3 is 2.88 bits per heavy atom. The molecule has 0 N–H and O–H groups in total. The highest BCUT2D eigenvalue weighted by Gasteiger charge is 2.35. The number of rotatable bonds is 2. The molecule has 0 saturated carbocycles. The fourth-order valence-electron chi connectivity index (χ4n) is 1.80. The third-order valence-electron chi connectivity index (χ3n) is 3.00. The molecule has 1 aliphatic rings. The summed E-state index contributed by atoms with van der Waals surface area (Å²) < 4.78 is 22.8. The van der Waals surface area contributed by atoms with Crippen LogP contribution in [0.2, 0.25) is 0 Å². The lowest BCUT2D eigenvalue weighted by molar-refractivity contribution is 0.545. The van der Waals surface area contributed by atoms with Crippen LogP contribution in [0.1, 0.15) is 23.2 Å². The first-order valence-corrected chi connectivity index (χ1v) is 6.81. The summed E-state index contributed by atoms with van der Waals surface area (Å²) in [5, 5.41) is 8.48. The van der Waals surface area contributed by atoms with Crippen LogP contribution >= 0.6 is 0 Å². The first-order valence-electron chi connectivity index (χ1n) is 5.10. The zero-order chi connectivity index (χ0) is 11.8. The quantitative estimate of drug-likeness (QED) is 0.767. The van der Waals surface area contributed by atoms with Gasteiger partial charge in [-0.15, -0.1) is 0 Å². The Bertz CT molecular complexity index is 558. The standard InChI is InChI=1S/C11H12N2O2S/c1-8-10(4-9(6-12)7-13-8)5-11-2-3-16(11,14)15/h4,7,11H,2-3,5H2,1H3. The largest absolute Gasteiger partial charge is 0.260 e. The van der Waals surface area contributed by atoms with E-state index in [1.165, 1.54) is 6.20 Å². The molecule has 2 rings (SSSR count). The third-order valence-corrected chi connectivity index (χ3v) is 5.22.